The van der Waals surface area contributed by atoms with E-state index < -0.39 is 11.9 Å². The number of hydrogen-bond donors (Lipinski definition) is 2. The Hall–Kier alpha value is -3.00. The molecule has 7 nitrogen and oxygen atoms in total. The number of nitrogens with one attached hydrogen (secondary N) is 1. The van der Waals surface area contributed by atoms with Crippen molar-refractivity contribution in [3.63, 3.8) is 0 Å². The van der Waals surface area contributed by atoms with Crippen molar-refractivity contribution in [3.05, 3.63) is 53.5 Å². The van der Waals surface area contributed by atoms with Crippen LogP contribution in [0.1, 0.15) is 68.5 Å². The summed E-state index contributed by atoms with van der Waals surface area (Å²) in [6.45, 7) is 1.47. The molecule has 2 amide bonds. The van der Waals surface area contributed by atoms with Gasteiger partial charge in [-0.2, -0.15) is 0 Å². The molecule has 3 unspecified atom stereocenters. The molecule has 2 aromatic rings. The van der Waals surface area contributed by atoms with Gasteiger partial charge < -0.3 is 20.9 Å². The molecule has 2 aliphatic heterocycles. The van der Waals surface area contributed by atoms with Crippen LogP contribution in [0, 0.1) is 17.7 Å². The lowest BCUT2D eigenvalue weighted by Gasteiger charge is -2.36. The molecule has 1 aromatic heterocycles. The van der Waals surface area contributed by atoms with Gasteiger partial charge in [0.15, 0.2) is 0 Å². The number of carbonyl (C=O) groups is 2. The van der Waals surface area contributed by atoms with Crippen molar-refractivity contribution in [2.75, 3.05) is 25.0 Å². The normalized spacial score (nSPS) is 21.6. The average Bonchev–Trinajstić information content (AvgIpc) is 3.57. The van der Waals surface area contributed by atoms with Crippen molar-refractivity contribution in [1.82, 2.24) is 15.2 Å². The van der Waals surface area contributed by atoms with Gasteiger partial charge in [0.2, 0.25) is 11.8 Å². The number of likely N-dealkylation sites (tertiary alicyclic amines) is 1. The third kappa shape index (κ3) is 5.35. The Kier molecular flexibility index (Phi) is 7.74. The van der Waals surface area contributed by atoms with Gasteiger partial charge in [-0.15, -0.1) is 0 Å². The van der Waals surface area contributed by atoms with E-state index in [1.165, 1.54) is 12.5 Å². The minimum Gasteiger partial charge on any atom is -0.368 e. The lowest BCUT2D eigenvalue weighted by molar-refractivity contribution is -0.139. The van der Waals surface area contributed by atoms with E-state index in [9.17, 15) is 14.0 Å². The molecule has 1 aromatic carbocycles. The van der Waals surface area contributed by atoms with Crippen LogP contribution in [-0.2, 0) is 16.0 Å². The van der Waals surface area contributed by atoms with Crippen molar-refractivity contribution < 1.29 is 14.0 Å². The van der Waals surface area contributed by atoms with Crippen LogP contribution in [0.15, 0.2) is 36.5 Å². The number of halogens is 1. The van der Waals surface area contributed by atoms with Gasteiger partial charge in [0, 0.05) is 30.9 Å². The zero-order valence-electron chi connectivity index (χ0n) is 21.7. The summed E-state index contributed by atoms with van der Waals surface area (Å²) in [7, 11) is 1.73. The number of rotatable bonds is 8. The summed E-state index contributed by atoms with van der Waals surface area (Å²) in [6.07, 6.45) is 10.4. The Morgan fingerprint density at radius 1 is 1.11 bits per heavy atom. The van der Waals surface area contributed by atoms with E-state index in [2.05, 4.69) is 21.3 Å². The first kappa shape index (κ1) is 25.6. The Labute approximate surface area is 218 Å². The standard InChI is InChI=1S/C29H38FN5O2/c1-32-24(28(31)36)18-23(19-6-3-2-4-7-19)29(37)35-14-5-8-25(35)21-11-13-33-27(16-21)34-15-12-20-9-10-22(30)17-26(20)34/h9-11,13,16-17,19,23-25,32H,2-8,12,14-15,18H2,1H3,(H2,31,36). The molecule has 3 atom stereocenters. The van der Waals surface area contributed by atoms with Crippen molar-refractivity contribution in [2.45, 2.75) is 69.9 Å². The van der Waals surface area contributed by atoms with E-state index in [4.69, 9.17) is 5.73 Å². The van der Waals surface area contributed by atoms with Crippen LogP contribution in [-0.4, -0.2) is 47.9 Å². The van der Waals surface area contributed by atoms with Gasteiger partial charge in [0.05, 0.1) is 12.1 Å². The van der Waals surface area contributed by atoms with Crippen molar-refractivity contribution in [3.8, 4) is 0 Å². The third-order valence-corrected chi connectivity index (χ3v) is 8.63. The Bertz CT molecular complexity index is 1140. The van der Waals surface area contributed by atoms with E-state index in [-0.39, 0.29) is 29.6 Å². The summed E-state index contributed by atoms with van der Waals surface area (Å²) in [5.74, 6) is 0.327. The van der Waals surface area contributed by atoms with E-state index in [1.54, 1.807) is 19.3 Å². The molecular weight excluding hydrogens is 469 g/mol. The van der Waals surface area contributed by atoms with Crippen molar-refractivity contribution in [2.24, 2.45) is 17.6 Å². The molecule has 0 bridgehead atoms. The van der Waals surface area contributed by atoms with Gasteiger partial charge in [-0.05, 0) is 86.9 Å². The van der Waals surface area contributed by atoms with Gasteiger partial charge in [0.1, 0.15) is 11.6 Å². The first-order valence-corrected chi connectivity index (χ1v) is 13.7. The van der Waals surface area contributed by atoms with Gasteiger partial charge in [-0.3, -0.25) is 9.59 Å². The fraction of sp³-hybridized carbons (Fsp3) is 0.552. The SMILES string of the molecule is CNC(CC(C(=O)N1CCCC1c1ccnc(N2CCc3ccc(F)cc32)c1)C1CCCCC1)C(N)=O. The topological polar surface area (TPSA) is 91.6 Å². The summed E-state index contributed by atoms with van der Waals surface area (Å²) >= 11 is 0. The molecule has 1 aliphatic carbocycles. The number of amides is 2. The van der Waals surface area contributed by atoms with Crippen LogP contribution in [0.3, 0.4) is 0 Å². The van der Waals surface area contributed by atoms with Crippen LogP contribution in [0.25, 0.3) is 0 Å². The molecule has 2 fully saturated rings. The zero-order chi connectivity index (χ0) is 25.9. The van der Waals surface area contributed by atoms with Crippen molar-refractivity contribution in [1.29, 1.82) is 0 Å². The predicted octanol–water partition coefficient (Wildman–Crippen LogP) is 4.24. The van der Waals surface area contributed by atoms with Crippen LogP contribution in [0.5, 0.6) is 0 Å². The highest BCUT2D eigenvalue weighted by Gasteiger charge is 2.39. The second-order valence-electron chi connectivity index (χ2n) is 10.8. The third-order valence-electron chi connectivity index (χ3n) is 8.63. The van der Waals surface area contributed by atoms with Gasteiger partial charge >= 0.3 is 0 Å². The molecule has 198 valence electrons. The number of carbonyl (C=O) groups excluding carboxylic acids is 2. The molecule has 1 saturated carbocycles. The van der Waals surface area contributed by atoms with Crippen LogP contribution < -0.4 is 16.0 Å². The number of primary amides is 1. The zero-order valence-corrected chi connectivity index (χ0v) is 21.7. The maximum absolute atomic E-state index is 14.1. The van der Waals surface area contributed by atoms with E-state index in [1.807, 2.05) is 17.0 Å². The highest BCUT2D eigenvalue weighted by molar-refractivity contribution is 5.83. The minimum absolute atomic E-state index is 0.0310. The molecule has 37 heavy (non-hydrogen) atoms. The Balaban J connectivity index is 1.39. The van der Waals surface area contributed by atoms with E-state index in [0.717, 1.165) is 74.1 Å². The van der Waals surface area contributed by atoms with E-state index in [0.29, 0.717) is 13.0 Å². The number of likely N-dealkylation sites (N-methyl/N-ethyl adjacent to an activating group) is 1. The van der Waals surface area contributed by atoms with Gasteiger partial charge in [0.25, 0.3) is 0 Å². The smallest absolute Gasteiger partial charge is 0.234 e. The first-order valence-electron chi connectivity index (χ1n) is 13.7. The highest BCUT2D eigenvalue weighted by Crippen LogP contribution is 2.40. The van der Waals surface area contributed by atoms with Crippen LogP contribution >= 0.6 is 0 Å². The number of aromatic nitrogens is 1. The van der Waals surface area contributed by atoms with Crippen molar-refractivity contribution >= 4 is 23.3 Å². The molecule has 5 rings (SSSR count). The molecule has 3 heterocycles. The van der Waals surface area contributed by atoms with E-state index >= 15 is 0 Å². The van der Waals surface area contributed by atoms with Crippen LogP contribution in [0.4, 0.5) is 15.9 Å². The molecule has 0 spiro atoms. The predicted molar refractivity (Wildman–Crippen MR) is 142 cm³/mol. The Morgan fingerprint density at radius 2 is 1.92 bits per heavy atom. The average molecular weight is 508 g/mol. The number of hydrogen-bond acceptors (Lipinski definition) is 5. The van der Waals surface area contributed by atoms with Gasteiger partial charge in [-0.25, -0.2) is 9.37 Å². The first-order chi connectivity index (χ1) is 18.0. The summed E-state index contributed by atoms with van der Waals surface area (Å²) < 4.78 is 14.0. The molecule has 8 heteroatoms. The summed E-state index contributed by atoms with van der Waals surface area (Å²) in [6, 6.07) is 8.45. The minimum atomic E-state index is -0.514. The fourth-order valence-corrected chi connectivity index (χ4v) is 6.63. The largest absolute Gasteiger partial charge is 0.368 e. The maximum atomic E-state index is 14.1. The monoisotopic (exact) mass is 507 g/mol. The lowest BCUT2D eigenvalue weighted by atomic mass is 9.76. The number of anilines is 2. The molecule has 3 aliphatic rings. The maximum Gasteiger partial charge on any atom is 0.234 e. The Morgan fingerprint density at radius 3 is 2.68 bits per heavy atom. The number of pyridine rings is 1. The summed E-state index contributed by atoms with van der Waals surface area (Å²) in [5.41, 5.74) is 8.70. The quantitative estimate of drug-likeness (QED) is 0.558. The lowest BCUT2D eigenvalue weighted by Crippen LogP contribution is -2.46. The highest BCUT2D eigenvalue weighted by atomic mass is 19.1. The molecule has 0 radical (unpaired) electrons. The second kappa shape index (κ2) is 11.2. The number of nitrogens with zero attached hydrogens (tertiary/aromatic N) is 3. The second-order valence-corrected chi connectivity index (χ2v) is 10.8. The number of nitrogens with two attached hydrogens (primary N) is 1. The molecule has 3 N–H and O–H groups in total. The summed E-state index contributed by atoms with van der Waals surface area (Å²) in [4.78, 5) is 34.9. The molecular formula is C29H38FN5O2. The molecule has 1 saturated heterocycles. The van der Waals surface area contributed by atoms with Crippen LogP contribution in [0.2, 0.25) is 0 Å². The number of benzene rings is 1. The number of fused-ring (bicyclic) bond motifs is 1. The fourth-order valence-electron chi connectivity index (χ4n) is 6.63. The summed E-state index contributed by atoms with van der Waals surface area (Å²) in [5, 5.41) is 3.02. The van der Waals surface area contributed by atoms with Gasteiger partial charge in [-0.1, -0.05) is 25.3 Å².